The molecule has 0 radical (unpaired) electrons. The second-order valence-electron chi connectivity index (χ2n) is 5.55. The Morgan fingerprint density at radius 1 is 1.26 bits per heavy atom. The van der Waals surface area contributed by atoms with Crippen molar-refractivity contribution in [2.45, 2.75) is 26.8 Å². The van der Waals surface area contributed by atoms with Crippen molar-refractivity contribution in [3.63, 3.8) is 0 Å². The Bertz CT molecular complexity index is 729. The van der Waals surface area contributed by atoms with E-state index in [9.17, 15) is 25.0 Å². The summed E-state index contributed by atoms with van der Waals surface area (Å²) in [6.45, 7) is 4.80. The van der Waals surface area contributed by atoms with Gasteiger partial charge >= 0.3 is 5.69 Å². The van der Waals surface area contributed by atoms with Crippen molar-refractivity contribution < 1.29 is 14.6 Å². The summed E-state index contributed by atoms with van der Waals surface area (Å²) >= 11 is 0. The summed E-state index contributed by atoms with van der Waals surface area (Å²) in [7, 11) is 0. The molecule has 0 aromatic heterocycles. The first-order valence-corrected chi connectivity index (χ1v) is 6.35. The largest absolute Gasteiger partial charge is 0.303 e. The summed E-state index contributed by atoms with van der Waals surface area (Å²) < 4.78 is 0. The number of ketones is 1. The number of azo groups is 1. The normalized spacial score (nSPS) is 12.6. The van der Waals surface area contributed by atoms with Gasteiger partial charge in [-0.05, 0) is 6.07 Å². The van der Waals surface area contributed by atoms with Gasteiger partial charge < -0.3 is 0 Å². The van der Waals surface area contributed by atoms with Crippen LogP contribution in [0.4, 0.5) is 17.1 Å². The van der Waals surface area contributed by atoms with E-state index in [0.717, 1.165) is 18.2 Å². The number of non-ortho nitro benzene ring substituents is 1. The lowest BCUT2D eigenvalue weighted by atomic mass is 9.87. The van der Waals surface area contributed by atoms with Crippen LogP contribution in [-0.4, -0.2) is 21.7 Å². The van der Waals surface area contributed by atoms with E-state index in [-0.39, 0.29) is 5.69 Å². The molecule has 10 heteroatoms. The summed E-state index contributed by atoms with van der Waals surface area (Å²) in [6.07, 6.45) is 0. The number of nitro benzene ring substituents is 2. The molecule has 23 heavy (non-hydrogen) atoms. The molecule has 10 nitrogen and oxygen atoms in total. The smallest absolute Gasteiger partial charge is 0.295 e. The number of nitrogens with zero attached hydrogens (tertiary/aromatic N) is 5. The van der Waals surface area contributed by atoms with Crippen molar-refractivity contribution in [3.8, 4) is 6.07 Å². The Labute approximate surface area is 130 Å². The lowest BCUT2D eigenvalue weighted by Gasteiger charge is -2.16. The summed E-state index contributed by atoms with van der Waals surface area (Å²) in [5.41, 5.74) is -2.22. The number of Topliss-reactive ketones (excluding diaryl/α,β-unsaturated/α-hetero) is 1. The van der Waals surface area contributed by atoms with Gasteiger partial charge in [0.2, 0.25) is 6.04 Å². The third kappa shape index (κ3) is 4.37. The van der Waals surface area contributed by atoms with E-state index < -0.39 is 38.5 Å². The summed E-state index contributed by atoms with van der Waals surface area (Å²) in [4.78, 5) is 31.9. The van der Waals surface area contributed by atoms with E-state index in [1.54, 1.807) is 26.8 Å². The van der Waals surface area contributed by atoms with Gasteiger partial charge in [0.1, 0.15) is 0 Å². The van der Waals surface area contributed by atoms with E-state index in [1.807, 2.05) is 0 Å². The van der Waals surface area contributed by atoms with Crippen LogP contribution in [0.3, 0.4) is 0 Å². The standard InChI is InChI=1S/C13H13N5O5/c1-13(2,3)12(19)10(7-14)16-15-9-5-4-8(17(20)21)6-11(9)18(22)23/h4-6,10H,1-3H3. The van der Waals surface area contributed by atoms with Gasteiger partial charge in [-0.15, -0.1) is 5.11 Å². The molecule has 0 aliphatic carbocycles. The Morgan fingerprint density at radius 3 is 2.30 bits per heavy atom. The van der Waals surface area contributed by atoms with Gasteiger partial charge in [0.25, 0.3) is 5.69 Å². The maximum absolute atomic E-state index is 12.0. The Kier molecular flexibility index (Phi) is 5.19. The fourth-order valence-electron chi connectivity index (χ4n) is 1.52. The third-order valence-electron chi connectivity index (χ3n) is 2.76. The number of hydrogen-bond donors (Lipinski definition) is 0. The van der Waals surface area contributed by atoms with Gasteiger partial charge in [-0.1, -0.05) is 20.8 Å². The molecule has 0 fully saturated rings. The molecule has 0 spiro atoms. The summed E-state index contributed by atoms with van der Waals surface area (Å²) in [5.74, 6) is -0.492. The van der Waals surface area contributed by atoms with Crippen LogP contribution in [0.1, 0.15) is 20.8 Å². The lowest BCUT2D eigenvalue weighted by Crippen LogP contribution is -2.30. The van der Waals surface area contributed by atoms with Crippen LogP contribution < -0.4 is 0 Å². The summed E-state index contributed by atoms with van der Waals surface area (Å²) in [6, 6.07) is 3.05. The second-order valence-corrected chi connectivity index (χ2v) is 5.55. The van der Waals surface area contributed by atoms with E-state index in [2.05, 4.69) is 10.2 Å². The minimum atomic E-state index is -1.41. The van der Waals surface area contributed by atoms with E-state index in [1.165, 1.54) is 0 Å². The van der Waals surface area contributed by atoms with E-state index >= 15 is 0 Å². The molecule has 1 unspecified atom stereocenters. The van der Waals surface area contributed by atoms with Crippen LogP contribution in [-0.2, 0) is 4.79 Å². The highest BCUT2D eigenvalue weighted by molar-refractivity contribution is 5.91. The zero-order chi connectivity index (χ0) is 17.8. The molecule has 0 amide bonds. The molecular weight excluding hydrogens is 306 g/mol. The Hall–Kier alpha value is -3.22. The molecule has 0 heterocycles. The van der Waals surface area contributed by atoms with Gasteiger partial charge in [-0.25, -0.2) is 0 Å². The third-order valence-corrected chi connectivity index (χ3v) is 2.76. The number of benzene rings is 1. The second kappa shape index (κ2) is 6.69. The van der Waals surface area contributed by atoms with Crippen LogP contribution in [0.2, 0.25) is 0 Å². The van der Waals surface area contributed by atoms with Crippen molar-refractivity contribution in [1.29, 1.82) is 5.26 Å². The minimum absolute atomic E-state index is 0.275. The van der Waals surface area contributed by atoms with E-state index in [4.69, 9.17) is 5.26 Å². The van der Waals surface area contributed by atoms with Crippen molar-refractivity contribution in [2.24, 2.45) is 15.6 Å². The van der Waals surface area contributed by atoms with Gasteiger partial charge in [0.15, 0.2) is 11.5 Å². The van der Waals surface area contributed by atoms with Crippen LogP contribution in [0.25, 0.3) is 0 Å². The van der Waals surface area contributed by atoms with Gasteiger partial charge in [-0.3, -0.25) is 25.0 Å². The topological polar surface area (TPSA) is 152 Å². The quantitative estimate of drug-likeness (QED) is 0.461. The van der Waals surface area contributed by atoms with E-state index in [0.29, 0.717) is 0 Å². The van der Waals surface area contributed by atoms with Gasteiger partial charge in [-0.2, -0.15) is 10.4 Å². The lowest BCUT2D eigenvalue weighted by molar-refractivity contribution is -0.393. The SMILES string of the molecule is CC(C)(C)C(=O)C(C#N)N=Nc1ccc([N+](=O)[O-])cc1[N+](=O)[O-]. The molecule has 0 aliphatic heterocycles. The molecule has 1 atom stereocenters. The fourth-order valence-corrected chi connectivity index (χ4v) is 1.52. The number of carbonyl (C=O) groups is 1. The maximum Gasteiger partial charge on any atom is 0.303 e. The fraction of sp³-hybridized carbons (Fsp3) is 0.385. The number of hydrogen-bond acceptors (Lipinski definition) is 8. The van der Waals surface area contributed by atoms with Crippen molar-refractivity contribution in [1.82, 2.24) is 0 Å². The molecule has 1 rings (SSSR count). The molecule has 0 N–H and O–H groups in total. The molecule has 0 aliphatic rings. The highest BCUT2D eigenvalue weighted by Gasteiger charge is 2.30. The number of carbonyl (C=O) groups excluding carboxylic acids is 1. The van der Waals surface area contributed by atoms with Gasteiger partial charge in [0.05, 0.1) is 22.0 Å². The Balaban J connectivity index is 3.22. The molecule has 0 saturated heterocycles. The van der Waals surface area contributed by atoms with Crippen LogP contribution in [0.5, 0.6) is 0 Å². The zero-order valence-corrected chi connectivity index (χ0v) is 12.6. The number of nitriles is 1. The van der Waals surface area contributed by atoms with Crippen molar-refractivity contribution >= 4 is 22.8 Å². The first-order valence-electron chi connectivity index (χ1n) is 6.35. The molecule has 1 aromatic carbocycles. The zero-order valence-electron chi connectivity index (χ0n) is 12.6. The highest BCUT2D eigenvalue weighted by atomic mass is 16.6. The maximum atomic E-state index is 12.0. The van der Waals surface area contributed by atoms with Crippen LogP contribution in [0, 0.1) is 37.0 Å². The Morgan fingerprint density at radius 2 is 1.87 bits per heavy atom. The highest BCUT2D eigenvalue weighted by Crippen LogP contribution is 2.32. The first kappa shape index (κ1) is 17.8. The van der Waals surface area contributed by atoms with Crippen molar-refractivity contribution in [3.05, 3.63) is 38.4 Å². The summed E-state index contributed by atoms with van der Waals surface area (Å²) in [5, 5.41) is 37.7. The number of nitro groups is 2. The predicted octanol–water partition coefficient (Wildman–Crippen LogP) is 3.09. The average Bonchev–Trinajstić information content (AvgIpc) is 2.46. The minimum Gasteiger partial charge on any atom is -0.295 e. The van der Waals surface area contributed by atoms with Gasteiger partial charge in [0, 0.05) is 11.5 Å². The molecule has 120 valence electrons. The first-order chi connectivity index (χ1) is 10.6. The molecule has 1 aromatic rings. The molecule has 0 saturated carbocycles. The monoisotopic (exact) mass is 319 g/mol. The molecular formula is C13H13N5O5. The predicted molar refractivity (Wildman–Crippen MR) is 78.1 cm³/mol. The number of rotatable bonds is 5. The average molecular weight is 319 g/mol. The van der Waals surface area contributed by atoms with Crippen molar-refractivity contribution in [2.75, 3.05) is 0 Å². The van der Waals surface area contributed by atoms with Crippen LogP contribution >= 0.6 is 0 Å². The molecule has 0 bridgehead atoms. The van der Waals surface area contributed by atoms with Crippen LogP contribution in [0.15, 0.2) is 28.4 Å².